The van der Waals surface area contributed by atoms with Gasteiger partial charge in [0.15, 0.2) is 0 Å². The van der Waals surface area contributed by atoms with Gasteiger partial charge in [0.05, 0.1) is 11.0 Å². The summed E-state index contributed by atoms with van der Waals surface area (Å²) in [5.41, 5.74) is 2.12. The molecule has 0 atom stereocenters. The van der Waals surface area contributed by atoms with Crippen molar-refractivity contribution in [3.63, 3.8) is 0 Å². The first kappa shape index (κ1) is 18.2. The molecule has 0 amide bonds. The first-order valence-corrected chi connectivity index (χ1v) is 7.42. The van der Waals surface area contributed by atoms with Crippen LogP contribution in [0.5, 0.6) is 0 Å². The second kappa shape index (κ2) is 7.63. The highest BCUT2D eigenvalue weighted by molar-refractivity contribution is 5.76. The molecule has 0 radical (unpaired) electrons. The highest BCUT2D eigenvalue weighted by Crippen LogP contribution is 2.26. The lowest BCUT2D eigenvalue weighted by Gasteiger charge is -2.26. The van der Waals surface area contributed by atoms with Crippen molar-refractivity contribution in [2.45, 2.75) is 31.7 Å². The number of carbonyl (C=O) groups is 1. The standard InChI is InChI=1S/C13H17N3O.C2HF3O2/c17-9-13-15-11-3-1-2-4-12(11)16(13)10-5-7-14-8-6-10;3-2(4,5)1(6)7/h1-4,10,14,17H,5-9H2;(H,6,7). The van der Waals surface area contributed by atoms with Crippen molar-refractivity contribution in [3.8, 4) is 0 Å². The van der Waals surface area contributed by atoms with Crippen LogP contribution < -0.4 is 5.32 Å². The number of aromatic nitrogens is 2. The van der Waals surface area contributed by atoms with Crippen molar-refractivity contribution in [3.05, 3.63) is 30.1 Å². The summed E-state index contributed by atoms with van der Waals surface area (Å²) >= 11 is 0. The third kappa shape index (κ3) is 4.24. The quantitative estimate of drug-likeness (QED) is 0.776. The van der Waals surface area contributed by atoms with Crippen LogP contribution in [0.15, 0.2) is 24.3 Å². The Morgan fingerprint density at radius 1 is 1.29 bits per heavy atom. The van der Waals surface area contributed by atoms with Gasteiger partial charge >= 0.3 is 12.1 Å². The van der Waals surface area contributed by atoms with Crippen LogP contribution in [-0.4, -0.2) is 45.0 Å². The molecule has 0 bridgehead atoms. The summed E-state index contributed by atoms with van der Waals surface area (Å²) in [7, 11) is 0. The molecule has 2 aromatic rings. The van der Waals surface area contributed by atoms with E-state index in [2.05, 4.69) is 20.9 Å². The molecular weight excluding hydrogens is 327 g/mol. The van der Waals surface area contributed by atoms with Gasteiger partial charge in [0.2, 0.25) is 0 Å². The first-order chi connectivity index (χ1) is 11.3. The minimum Gasteiger partial charge on any atom is -0.475 e. The van der Waals surface area contributed by atoms with E-state index >= 15 is 0 Å². The van der Waals surface area contributed by atoms with Crippen molar-refractivity contribution >= 4 is 17.0 Å². The third-order valence-corrected chi connectivity index (χ3v) is 3.73. The number of benzene rings is 1. The number of nitrogens with zero attached hydrogens (tertiary/aromatic N) is 2. The van der Waals surface area contributed by atoms with E-state index in [4.69, 9.17) is 9.90 Å². The number of piperidine rings is 1. The Hall–Kier alpha value is -2.13. The van der Waals surface area contributed by atoms with E-state index in [9.17, 15) is 18.3 Å². The van der Waals surface area contributed by atoms with Crippen LogP contribution in [0, 0.1) is 0 Å². The number of aliphatic hydroxyl groups excluding tert-OH is 1. The maximum absolute atomic E-state index is 10.6. The first-order valence-electron chi connectivity index (χ1n) is 7.42. The van der Waals surface area contributed by atoms with Gasteiger partial charge in [-0.1, -0.05) is 12.1 Å². The van der Waals surface area contributed by atoms with Crippen LogP contribution in [0.1, 0.15) is 24.7 Å². The van der Waals surface area contributed by atoms with Gasteiger partial charge in [-0.25, -0.2) is 9.78 Å². The van der Waals surface area contributed by atoms with Gasteiger partial charge in [0, 0.05) is 6.04 Å². The molecule has 1 aliphatic rings. The topological polar surface area (TPSA) is 87.4 Å². The van der Waals surface area contributed by atoms with Crippen LogP contribution >= 0.6 is 0 Å². The number of hydrogen-bond donors (Lipinski definition) is 3. The molecule has 1 aromatic heterocycles. The predicted octanol–water partition coefficient (Wildman–Crippen LogP) is 2.09. The number of rotatable bonds is 2. The molecule has 2 heterocycles. The molecule has 24 heavy (non-hydrogen) atoms. The summed E-state index contributed by atoms with van der Waals surface area (Å²) in [4.78, 5) is 13.4. The number of carboxylic acid groups (broad SMARTS) is 1. The Morgan fingerprint density at radius 2 is 1.88 bits per heavy atom. The smallest absolute Gasteiger partial charge is 0.475 e. The number of alkyl halides is 3. The fourth-order valence-corrected chi connectivity index (χ4v) is 2.68. The molecule has 1 saturated heterocycles. The van der Waals surface area contributed by atoms with E-state index in [0.717, 1.165) is 42.8 Å². The SMILES string of the molecule is O=C(O)C(F)(F)F.OCc1nc2ccccc2n1C1CCNCC1. The zero-order valence-electron chi connectivity index (χ0n) is 12.8. The average Bonchev–Trinajstić information content (AvgIpc) is 2.94. The molecule has 6 nitrogen and oxygen atoms in total. The van der Waals surface area contributed by atoms with Crippen molar-refractivity contribution in [1.82, 2.24) is 14.9 Å². The number of aliphatic hydroxyl groups is 1. The maximum Gasteiger partial charge on any atom is 0.490 e. The Bertz CT molecular complexity index is 694. The van der Waals surface area contributed by atoms with Gasteiger partial charge in [-0.2, -0.15) is 13.2 Å². The number of halogens is 3. The molecule has 1 aliphatic heterocycles. The summed E-state index contributed by atoms with van der Waals surface area (Å²) in [5, 5.41) is 19.9. The fourth-order valence-electron chi connectivity index (χ4n) is 2.68. The molecule has 3 N–H and O–H groups in total. The van der Waals surface area contributed by atoms with Gasteiger partial charge < -0.3 is 20.1 Å². The second-order valence-corrected chi connectivity index (χ2v) is 5.33. The molecule has 132 valence electrons. The highest BCUT2D eigenvalue weighted by atomic mass is 19.4. The molecule has 1 aromatic carbocycles. The lowest BCUT2D eigenvalue weighted by molar-refractivity contribution is -0.192. The normalized spacial score (nSPS) is 15.8. The Kier molecular flexibility index (Phi) is 5.79. The Balaban J connectivity index is 0.000000256. The lowest BCUT2D eigenvalue weighted by Crippen LogP contribution is -2.30. The fraction of sp³-hybridized carbons (Fsp3) is 0.467. The highest BCUT2D eigenvalue weighted by Gasteiger charge is 2.38. The van der Waals surface area contributed by atoms with Crippen molar-refractivity contribution in [2.24, 2.45) is 0 Å². The molecule has 9 heteroatoms. The maximum atomic E-state index is 10.6. The minimum absolute atomic E-state index is 0.0125. The summed E-state index contributed by atoms with van der Waals surface area (Å²) in [5.74, 6) is -1.97. The second-order valence-electron chi connectivity index (χ2n) is 5.33. The Labute approximate surface area is 135 Å². The number of hydrogen-bond acceptors (Lipinski definition) is 4. The van der Waals surface area contributed by atoms with Crippen LogP contribution in [0.4, 0.5) is 13.2 Å². The number of imidazole rings is 1. The molecule has 1 fully saturated rings. The molecule has 3 rings (SSSR count). The van der Waals surface area contributed by atoms with E-state index in [0.29, 0.717) is 6.04 Å². The zero-order chi connectivity index (χ0) is 17.7. The van der Waals surface area contributed by atoms with E-state index in [1.807, 2.05) is 18.2 Å². The van der Waals surface area contributed by atoms with Crippen molar-refractivity contribution < 1.29 is 28.2 Å². The molecule has 0 unspecified atom stereocenters. The van der Waals surface area contributed by atoms with E-state index < -0.39 is 12.1 Å². The van der Waals surface area contributed by atoms with Crippen molar-refractivity contribution in [2.75, 3.05) is 13.1 Å². The van der Waals surface area contributed by atoms with Crippen LogP contribution in [0.25, 0.3) is 11.0 Å². The largest absolute Gasteiger partial charge is 0.490 e. The number of para-hydroxylation sites is 2. The summed E-state index contributed by atoms with van der Waals surface area (Å²) in [6, 6.07) is 8.58. The van der Waals surface area contributed by atoms with Gasteiger partial charge in [-0.15, -0.1) is 0 Å². The van der Waals surface area contributed by atoms with Gasteiger partial charge in [0.25, 0.3) is 0 Å². The number of fused-ring (bicyclic) bond motifs is 1. The predicted molar refractivity (Wildman–Crippen MR) is 80.5 cm³/mol. The molecule has 0 saturated carbocycles. The van der Waals surface area contributed by atoms with E-state index in [1.165, 1.54) is 0 Å². The van der Waals surface area contributed by atoms with Crippen LogP contribution in [0.2, 0.25) is 0 Å². The third-order valence-electron chi connectivity index (χ3n) is 3.73. The lowest BCUT2D eigenvalue weighted by atomic mass is 10.1. The number of nitrogens with one attached hydrogen (secondary N) is 1. The molecule has 0 spiro atoms. The number of aliphatic carboxylic acids is 1. The van der Waals surface area contributed by atoms with Crippen LogP contribution in [0.3, 0.4) is 0 Å². The monoisotopic (exact) mass is 345 g/mol. The molecule has 0 aliphatic carbocycles. The van der Waals surface area contributed by atoms with Crippen LogP contribution in [-0.2, 0) is 11.4 Å². The van der Waals surface area contributed by atoms with Gasteiger partial charge in [0.1, 0.15) is 12.4 Å². The summed E-state index contributed by atoms with van der Waals surface area (Å²) in [6.45, 7) is 2.10. The zero-order valence-corrected chi connectivity index (χ0v) is 12.8. The van der Waals surface area contributed by atoms with Gasteiger partial charge in [-0.05, 0) is 38.1 Å². The minimum atomic E-state index is -5.08. The number of carboxylic acids is 1. The van der Waals surface area contributed by atoms with Crippen molar-refractivity contribution in [1.29, 1.82) is 0 Å². The summed E-state index contributed by atoms with van der Waals surface area (Å²) in [6.07, 6.45) is -2.87. The van der Waals surface area contributed by atoms with E-state index in [-0.39, 0.29) is 6.61 Å². The Morgan fingerprint density at radius 3 is 2.42 bits per heavy atom. The summed E-state index contributed by atoms with van der Waals surface area (Å²) < 4.78 is 34.0. The average molecular weight is 345 g/mol. The van der Waals surface area contributed by atoms with Gasteiger partial charge in [-0.3, -0.25) is 0 Å². The molecular formula is C15H18F3N3O3. The van der Waals surface area contributed by atoms with E-state index in [1.54, 1.807) is 0 Å².